The van der Waals surface area contributed by atoms with E-state index in [-0.39, 0.29) is 5.91 Å². The molecule has 2 rings (SSSR count). The molecule has 1 aliphatic rings. The van der Waals surface area contributed by atoms with Crippen LogP contribution in [0.3, 0.4) is 0 Å². The summed E-state index contributed by atoms with van der Waals surface area (Å²) in [6.07, 6.45) is 3.03. The van der Waals surface area contributed by atoms with Crippen molar-refractivity contribution in [3.05, 3.63) is 35.4 Å². The van der Waals surface area contributed by atoms with Gasteiger partial charge in [-0.25, -0.2) is 0 Å². The van der Waals surface area contributed by atoms with Crippen molar-refractivity contribution in [3.63, 3.8) is 0 Å². The minimum Gasteiger partial charge on any atom is -0.381 e. The van der Waals surface area contributed by atoms with Crippen molar-refractivity contribution in [1.29, 1.82) is 0 Å². The Balaban J connectivity index is 1.61. The lowest BCUT2D eigenvalue weighted by molar-refractivity contribution is -0.122. The van der Waals surface area contributed by atoms with E-state index in [1.54, 1.807) is 0 Å². The summed E-state index contributed by atoms with van der Waals surface area (Å²) in [4.78, 5) is 12.0. The van der Waals surface area contributed by atoms with Gasteiger partial charge in [-0.1, -0.05) is 29.8 Å². The molecule has 1 aliphatic heterocycles. The maximum Gasteiger partial charge on any atom is 0.241 e. The highest BCUT2D eigenvalue weighted by molar-refractivity contribution is 5.82. The SMILES string of the molecule is Cc1ccc(C(N)C(=O)NCCCOC2CCOCC2)cc1. The molecule has 0 aliphatic carbocycles. The summed E-state index contributed by atoms with van der Waals surface area (Å²) in [5.74, 6) is -0.144. The maximum atomic E-state index is 12.0. The number of aryl methyl sites for hydroxylation is 1. The van der Waals surface area contributed by atoms with E-state index in [1.807, 2.05) is 31.2 Å². The third kappa shape index (κ3) is 5.40. The number of carbonyl (C=O) groups is 1. The molecule has 0 spiro atoms. The number of hydrogen-bond acceptors (Lipinski definition) is 4. The maximum absolute atomic E-state index is 12.0. The van der Waals surface area contributed by atoms with E-state index >= 15 is 0 Å². The monoisotopic (exact) mass is 306 g/mol. The standard InChI is InChI=1S/C17H26N2O3/c1-13-3-5-14(6-4-13)16(18)17(20)19-9-2-10-22-15-7-11-21-12-8-15/h3-6,15-16H,2,7-12,18H2,1H3,(H,19,20). The lowest BCUT2D eigenvalue weighted by Gasteiger charge is -2.22. The molecule has 5 nitrogen and oxygen atoms in total. The Hall–Kier alpha value is -1.43. The number of rotatable bonds is 7. The molecule has 22 heavy (non-hydrogen) atoms. The number of nitrogens with two attached hydrogens (primary N) is 1. The molecule has 1 aromatic rings. The molecule has 0 bridgehead atoms. The molecule has 1 unspecified atom stereocenters. The van der Waals surface area contributed by atoms with E-state index < -0.39 is 6.04 Å². The van der Waals surface area contributed by atoms with Crippen molar-refractivity contribution in [1.82, 2.24) is 5.32 Å². The summed E-state index contributed by atoms with van der Waals surface area (Å²) >= 11 is 0. The average Bonchev–Trinajstić information content (AvgIpc) is 2.55. The van der Waals surface area contributed by atoms with Crippen LogP contribution in [-0.2, 0) is 14.3 Å². The van der Waals surface area contributed by atoms with Gasteiger partial charge >= 0.3 is 0 Å². The van der Waals surface area contributed by atoms with Gasteiger partial charge in [0.05, 0.1) is 6.10 Å². The van der Waals surface area contributed by atoms with Gasteiger partial charge < -0.3 is 20.5 Å². The van der Waals surface area contributed by atoms with Crippen molar-refractivity contribution in [2.45, 2.75) is 38.3 Å². The fourth-order valence-electron chi connectivity index (χ4n) is 2.41. The molecule has 1 fully saturated rings. The Labute approximate surface area is 132 Å². The van der Waals surface area contributed by atoms with Crippen LogP contribution in [0.2, 0.25) is 0 Å². The van der Waals surface area contributed by atoms with E-state index in [0.29, 0.717) is 19.3 Å². The second-order valence-electron chi connectivity index (χ2n) is 5.72. The first-order valence-corrected chi connectivity index (χ1v) is 7.96. The number of benzene rings is 1. The van der Waals surface area contributed by atoms with Crippen LogP contribution in [0.25, 0.3) is 0 Å². The summed E-state index contributed by atoms with van der Waals surface area (Å²) in [5, 5.41) is 2.86. The Bertz CT molecular complexity index is 455. The number of carbonyl (C=O) groups excluding carboxylic acids is 1. The molecule has 0 saturated carbocycles. The van der Waals surface area contributed by atoms with Gasteiger partial charge in [-0.3, -0.25) is 4.79 Å². The molecule has 3 N–H and O–H groups in total. The smallest absolute Gasteiger partial charge is 0.241 e. The van der Waals surface area contributed by atoms with Crippen molar-refractivity contribution in [2.75, 3.05) is 26.4 Å². The third-order valence-electron chi connectivity index (χ3n) is 3.86. The van der Waals surface area contributed by atoms with Crippen molar-refractivity contribution >= 4 is 5.91 Å². The molecule has 122 valence electrons. The van der Waals surface area contributed by atoms with Crippen LogP contribution in [-0.4, -0.2) is 38.4 Å². The largest absolute Gasteiger partial charge is 0.381 e. The molecule has 5 heteroatoms. The fraction of sp³-hybridized carbons (Fsp3) is 0.588. The molecular formula is C17H26N2O3. The summed E-state index contributed by atoms with van der Waals surface area (Å²) in [5.41, 5.74) is 7.95. The lowest BCUT2D eigenvalue weighted by atomic mass is 10.1. The van der Waals surface area contributed by atoms with Gasteiger partial charge in [0.15, 0.2) is 0 Å². The highest BCUT2D eigenvalue weighted by Gasteiger charge is 2.16. The van der Waals surface area contributed by atoms with E-state index in [1.165, 1.54) is 0 Å². The lowest BCUT2D eigenvalue weighted by Crippen LogP contribution is -2.35. The van der Waals surface area contributed by atoms with Gasteiger partial charge in [0.2, 0.25) is 5.91 Å². The summed E-state index contributed by atoms with van der Waals surface area (Å²) in [6.45, 7) is 4.82. The quantitative estimate of drug-likeness (QED) is 0.752. The van der Waals surface area contributed by atoms with Crippen molar-refractivity contribution in [3.8, 4) is 0 Å². The second kappa shape index (κ2) is 8.88. The van der Waals surface area contributed by atoms with Crippen molar-refractivity contribution < 1.29 is 14.3 Å². The van der Waals surface area contributed by atoms with Crippen LogP contribution in [0, 0.1) is 6.92 Å². The van der Waals surface area contributed by atoms with Gasteiger partial charge in [0.1, 0.15) is 6.04 Å². The predicted octanol–water partition coefficient (Wildman–Crippen LogP) is 1.70. The Morgan fingerprint density at radius 3 is 2.73 bits per heavy atom. The Morgan fingerprint density at radius 1 is 1.36 bits per heavy atom. The van der Waals surface area contributed by atoms with E-state index in [4.69, 9.17) is 15.2 Å². The van der Waals surface area contributed by atoms with Gasteiger partial charge in [0.25, 0.3) is 0 Å². The summed E-state index contributed by atoms with van der Waals surface area (Å²) in [6, 6.07) is 7.10. The molecule has 1 atom stereocenters. The molecule has 0 radical (unpaired) electrons. The fourth-order valence-corrected chi connectivity index (χ4v) is 2.41. The zero-order valence-corrected chi connectivity index (χ0v) is 13.2. The Kier molecular flexibility index (Phi) is 6.83. The minimum atomic E-state index is -0.614. The van der Waals surface area contributed by atoms with Crippen LogP contribution in [0.1, 0.15) is 36.4 Å². The first-order chi connectivity index (χ1) is 10.7. The van der Waals surface area contributed by atoms with E-state index in [9.17, 15) is 4.79 Å². The van der Waals surface area contributed by atoms with Crippen molar-refractivity contribution in [2.24, 2.45) is 5.73 Å². The normalized spacial score (nSPS) is 17.2. The number of hydrogen-bond donors (Lipinski definition) is 2. The average molecular weight is 306 g/mol. The van der Waals surface area contributed by atoms with Gasteiger partial charge in [-0.15, -0.1) is 0 Å². The van der Waals surface area contributed by atoms with Gasteiger partial charge in [-0.05, 0) is 31.7 Å². The van der Waals surface area contributed by atoms with Crippen LogP contribution in [0.15, 0.2) is 24.3 Å². The highest BCUT2D eigenvalue weighted by Crippen LogP contribution is 2.12. The molecule has 1 heterocycles. The molecule has 1 aromatic carbocycles. The molecule has 1 saturated heterocycles. The number of ether oxygens (including phenoxy) is 2. The Morgan fingerprint density at radius 2 is 2.05 bits per heavy atom. The third-order valence-corrected chi connectivity index (χ3v) is 3.86. The first-order valence-electron chi connectivity index (χ1n) is 7.96. The zero-order valence-electron chi connectivity index (χ0n) is 13.2. The van der Waals surface area contributed by atoms with Crippen LogP contribution in [0.4, 0.5) is 0 Å². The summed E-state index contributed by atoms with van der Waals surface area (Å²) in [7, 11) is 0. The minimum absolute atomic E-state index is 0.144. The zero-order chi connectivity index (χ0) is 15.8. The van der Waals surface area contributed by atoms with Gasteiger partial charge in [0, 0.05) is 26.4 Å². The van der Waals surface area contributed by atoms with E-state index in [0.717, 1.165) is 43.6 Å². The number of amides is 1. The molecular weight excluding hydrogens is 280 g/mol. The van der Waals surface area contributed by atoms with Gasteiger partial charge in [-0.2, -0.15) is 0 Å². The first kappa shape index (κ1) is 16.9. The topological polar surface area (TPSA) is 73.6 Å². The number of nitrogens with one attached hydrogen (secondary N) is 1. The van der Waals surface area contributed by atoms with E-state index in [2.05, 4.69) is 5.32 Å². The van der Waals surface area contributed by atoms with Crippen LogP contribution >= 0.6 is 0 Å². The van der Waals surface area contributed by atoms with Crippen LogP contribution < -0.4 is 11.1 Å². The highest BCUT2D eigenvalue weighted by atomic mass is 16.5. The molecule has 0 aromatic heterocycles. The molecule has 1 amide bonds. The second-order valence-corrected chi connectivity index (χ2v) is 5.72. The summed E-state index contributed by atoms with van der Waals surface area (Å²) < 4.78 is 11.0. The van der Waals surface area contributed by atoms with Crippen LogP contribution in [0.5, 0.6) is 0 Å². The predicted molar refractivity (Wildman–Crippen MR) is 85.5 cm³/mol.